The zero-order valence-corrected chi connectivity index (χ0v) is 30.1. The number of hydrogen-bond donors (Lipinski definition) is 0. The molecule has 0 fully saturated rings. The number of carbonyl (C=O) groups excluding carboxylic acids is 3. The van der Waals surface area contributed by atoms with Crippen LogP contribution in [0.5, 0.6) is 0 Å². The van der Waals surface area contributed by atoms with E-state index in [-0.39, 0.29) is 26.1 Å². The predicted molar refractivity (Wildman–Crippen MR) is 184 cm³/mol. The van der Waals surface area contributed by atoms with Gasteiger partial charge in [-0.15, -0.1) is 0 Å². The predicted octanol–water partition coefficient (Wildman–Crippen LogP) is 10.6. The third kappa shape index (κ3) is 26.2. The molecule has 0 saturated heterocycles. The molecule has 0 saturated carbocycles. The van der Waals surface area contributed by atoms with Crippen LogP contribution in [0.2, 0.25) is 0 Å². The number of carbonyl (C=O) groups is 3. The van der Waals surface area contributed by atoms with Crippen LogP contribution in [0.1, 0.15) is 195 Å². The van der Waals surface area contributed by atoms with Crippen molar-refractivity contribution in [2.45, 2.75) is 200 Å². The summed E-state index contributed by atoms with van der Waals surface area (Å²) in [5.74, 6) is -1.73. The Bertz CT molecular complexity index is 662. The minimum absolute atomic E-state index is 0.243. The smallest absolute Gasteiger partial charge is 0.339 e. The minimum atomic E-state index is -1.73. The van der Waals surface area contributed by atoms with Crippen LogP contribution in [0.3, 0.4) is 0 Å². The normalized spacial score (nSPS) is 11.5. The highest BCUT2D eigenvalue weighted by Crippen LogP contribution is 2.27. The molecule has 45 heavy (non-hydrogen) atoms. The summed E-state index contributed by atoms with van der Waals surface area (Å²) in [5, 5.41) is 0. The van der Waals surface area contributed by atoms with Gasteiger partial charge < -0.3 is 18.9 Å². The summed E-state index contributed by atoms with van der Waals surface area (Å²) in [6.07, 6.45) is 25.0. The van der Waals surface area contributed by atoms with Gasteiger partial charge in [0.1, 0.15) is 0 Å². The van der Waals surface area contributed by atoms with Gasteiger partial charge in [0.05, 0.1) is 32.7 Å². The number of hydrogen-bond acceptors (Lipinski definition) is 7. The molecular formula is C38H72O7. The Morgan fingerprint density at radius 1 is 0.378 bits per heavy atom. The van der Waals surface area contributed by atoms with Crippen LogP contribution in [-0.2, 0) is 33.3 Å². The van der Waals surface area contributed by atoms with E-state index in [1.165, 1.54) is 70.6 Å². The van der Waals surface area contributed by atoms with Crippen molar-refractivity contribution >= 4 is 17.9 Å². The van der Waals surface area contributed by atoms with Crippen molar-refractivity contribution in [1.29, 1.82) is 0 Å². The Balaban J connectivity index is 5.39. The van der Waals surface area contributed by atoms with E-state index in [4.69, 9.17) is 18.9 Å². The fraction of sp³-hybridized carbons (Fsp3) is 0.921. The molecule has 0 heterocycles. The van der Waals surface area contributed by atoms with Gasteiger partial charge in [0.2, 0.25) is 0 Å². The zero-order chi connectivity index (χ0) is 33.3. The summed E-state index contributed by atoms with van der Waals surface area (Å²) in [6, 6.07) is 0. The standard InChI is InChI=1S/C38H72O7/c1-5-9-13-17-21-25-29-42-35(39)33-38(45-32-28-24-20-16-12-8-4,37(41)44-31-27-23-19-15-11-7-3)34-36(40)43-30-26-22-18-14-10-6-2/h5-34H2,1-4H3. The molecule has 0 aliphatic carbocycles. The van der Waals surface area contributed by atoms with Crippen LogP contribution in [0.25, 0.3) is 0 Å². The number of esters is 3. The van der Waals surface area contributed by atoms with Gasteiger partial charge in [-0.3, -0.25) is 9.59 Å². The van der Waals surface area contributed by atoms with E-state index in [2.05, 4.69) is 27.7 Å². The second-order valence-electron chi connectivity index (χ2n) is 12.8. The van der Waals surface area contributed by atoms with E-state index in [0.29, 0.717) is 13.2 Å². The maximum Gasteiger partial charge on any atom is 0.339 e. The number of unbranched alkanes of at least 4 members (excludes halogenated alkanes) is 20. The van der Waals surface area contributed by atoms with E-state index in [0.717, 1.165) is 83.5 Å². The van der Waals surface area contributed by atoms with E-state index >= 15 is 0 Å². The molecule has 7 nitrogen and oxygen atoms in total. The van der Waals surface area contributed by atoms with E-state index in [1.54, 1.807) is 0 Å². The van der Waals surface area contributed by atoms with Gasteiger partial charge in [-0.1, -0.05) is 156 Å². The zero-order valence-electron chi connectivity index (χ0n) is 30.1. The summed E-state index contributed by atoms with van der Waals surface area (Å²) < 4.78 is 23.0. The van der Waals surface area contributed by atoms with Crippen LogP contribution in [0.4, 0.5) is 0 Å². The molecule has 0 unspecified atom stereocenters. The maximum absolute atomic E-state index is 13.7. The van der Waals surface area contributed by atoms with Gasteiger partial charge >= 0.3 is 17.9 Å². The average molecular weight is 641 g/mol. The molecule has 0 spiro atoms. The first-order chi connectivity index (χ1) is 22.0. The molecule has 0 radical (unpaired) electrons. The van der Waals surface area contributed by atoms with Crippen molar-refractivity contribution in [1.82, 2.24) is 0 Å². The third-order valence-corrected chi connectivity index (χ3v) is 8.36. The molecular weight excluding hydrogens is 568 g/mol. The lowest BCUT2D eigenvalue weighted by molar-refractivity contribution is -0.186. The fourth-order valence-electron chi connectivity index (χ4n) is 5.40. The second-order valence-corrected chi connectivity index (χ2v) is 12.8. The lowest BCUT2D eigenvalue weighted by Gasteiger charge is -2.30. The summed E-state index contributed by atoms with van der Waals surface area (Å²) in [6.45, 7) is 9.86. The first kappa shape index (κ1) is 43.4. The van der Waals surface area contributed by atoms with E-state index in [9.17, 15) is 14.4 Å². The molecule has 0 amide bonds. The van der Waals surface area contributed by atoms with Crippen LogP contribution >= 0.6 is 0 Å². The third-order valence-electron chi connectivity index (χ3n) is 8.36. The van der Waals surface area contributed by atoms with Crippen molar-refractivity contribution < 1.29 is 33.3 Å². The quantitative estimate of drug-likeness (QED) is 0.0393. The maximum atomic E-state index is 13.7. The molecule has 0 aromatic rings. The first-order valence-electron chi connectivity index (χ1n) is 19.1. The van der Waals surface area contributed by atoms with Crippen LogP contribution in [-0.4, -0.2) is 49.9 Å². The Labute approximate surface area is 277 Å². The Hall–Kier alpha value is -1.63. The highest BCUT2D eigenvalue weighted by molar-refractivity contribution is 5.90. The summed E-state index contributed by atoms with van der Waals surface area (Å²) in [5.41, 5.74) is -1.73. The Morgan fingerprint density at radius 3 is 1.02 bits per heavy atom. The Kier molecular flexibility index (Phi) is 31.1. The largest absolute Gasteiger partial charge is 0.466 e. The van der Waals surface area contributed by atoms with Crippen molar-refractivity contribution in [3.05, 3.63) is 0 Å². The van der Waals surface area contributed by atoms with Crippen molar-refractivity contribution in [3.8, 4) is 0 Å². The van der Waals surface area contributed by atoms with Crippen LogP contribution in [0, 0.1) is 0 Å². The molecule has 0 aromatic heterocycles. The highest BCUT2D eigenvalue weighted by atomic mass is 16.6. The second kappa shape index (κ2) is 32.3. The molecule has 0 aromatic carbocycles. The lowest BCUT2D eigenvalue weighted by Crippen LogP contribution is -2.47. The van der Waals surface area contributed by atoms with Gasteiger partial charge in [-0.25, -0.2) is 4.79 Å². The van der Waals surface area contributed by atoms with Crippen molar-refractivity contribution in [2.24, 2.45) is 0 Å². The number of ether oxygens (including phenoxy) is 4. The van der Waals surface area contributed by atoms with Crippen LogP contribution < -0.4 is 0 Å². The molecule has 0 aliphatic heterocycles. The minimum Gasteiger partial charge on any atom is -0.466 e. The van der Waals surface area contributed by atoms with E-state index in [1.807, 2.05) is 0 Å². The van der Waals surface area contributed by atoms with Gasteiger partial charge in [0, 0.05) is 6.61 Å². The number of rotatable bonds is 34. The molecule has 0 N–H and O–H groups in total. The molecule has 0 bridgehead atoms. The van der Waals surface area contributed by atoms with Crippen molar-refractivity contribution in [2.75, 3.05) is 26.4 Å². The van der Waals surface area contributed by atoms with Gasteiger partial charge in [-0.05, 0) is 25.7 Å². The molecule has 0 atom stereocenters. The average Bonchev–Trinajstić information content (AvgIpc) is 3.02. The Morgan fingerprint density at radius 2 is 0.667 bits per heavy atom. The first-order valence-corrected chi connectivity index (χ1v) is 19.1. The lowest BCUT2D eigenvalue weighted by atomic mass is 9.94. The topological polar surface area (TPSA) is 88.1 Å². The van der Waals surface area contributed by atoms with Gasteiger partial charge in [0.15, 0.2) is 5.60 Å². The molecule has 7 heteroatoms. The summed E-state index contributed by atoms with van der Waals surface area (Å²) in [7, 11) is 0. The fourth-order valence-corrected chi connectivity index (χ4v) is 5.40. The molecule has 0 aliphatic rings. The van der Waals surface area contributed by atoms with Gasteiger partial charge in [-0.2, -0.15) is 0 Å². The monoisotopic (exact) mass is 641 g/mol. The van der Waals surface area contributed by atoms with Crippen LogP contribution in [0.15, 0.2) is 0 Å². The highest BCUT2D eigenvalue weighted by Gasteiger charge is 2.46. The summed E-state index contributed by atoms with van der Waals surface area (Å²) in [4.78, 5) is 39.8. The SMILES string of the molecule is CCCCCCCCOC(=O)CC(CC(=O)OCCCCCCCC)(OCCCCCCCC)C(=O)OCCCCCCCC. The molecule has 0 rings (SSSR count). The van der Waals surface area contributed by atoms with E-state index < -0.39 is 23.5 Å². The molecule has 266 valence electrons. The summed E-state index contributed by atoms with van der Waals surface area (Å²) >= 11 is 0. The van der Waals surface area contributed by atoms with Crippen molar-refractivity contribution in [3.63, 3.8) is 0 Å². The van der Waals surface area contributed by atoms with Gasteiger partial charge in [0.25, 0.3) is 0 Å².